The lowest BCUT2D eigenvalue weighted by atomic mass is 9.95. The van der Waals surface area contributed by atoms with Gasteiger partial charge in [-0.15, -0.1) is 0 Å². The molecule has 1 aromatic carbocycles. The summed E-state index contributed by atoms with van der Waals surface area (Å²) >= 11 is 0. The molecular weight excluding hydrogens is 198 g/mol. The zero-order chi connectivity index (χ0) is 11.0. The van der Waals surface area contributed by atoms with Crippen LogP contribution in [0.5, 0.6) is 0 Å². The molecule has 0 unspecified atom stereocenters. The fourth-order valence-corrected chi connectivity index (χ4v) is 2.23. The van der Waals surface area contributed by atoms with E-state index in [1.807, 2.05) is 6.07 Å². The molecule has 0 atom stereocenters. The van der Waals surface area contributed by atoms with Crippen LogP contribution in [0.1, 0.15) is 31.2 Å². The second-order valence-electron chi connectivity index (χ2n) is 4.80. The van der Waals surface area contributed by atoms with E-state index in [1.165, 1.54) is 18.4 Å². The van der Waals surface area contributed by atoms with Crippen molar-refractivity contribution in [3.8, 4) is 0 Å². The van der Waals surface area contributed by atoms with E-state index < -0.39 is 0 Å². The van der Waals surface area contributed by atoms with Gasteiger partial charge in [-0.05, 0) is 31.2 Å². The lowest BCUT2D eigenvalue weighted by molar-refractivity contribution is 0.831. The highest BCUT2D eigenvalue weighted by Gasteiger charge is 2.49. The topological polar surface area (TPSA) is 50.4 Å². The summed E-state index contributed by atoms with van der Waals surface area (Å²) in [6, 6.07) is 11.1. The third-order valence-electron chi connectivity index (χ3n) is 3.52. The normalized spacial score (nSPS) is 22.9. The van der Waals surface area contributed by atoms with E-state index in [0.717, 1.165) is 18.7 Å². The van der Waals surface area contributed by atoms with E-state index in [9.17, 15) is 0 Å². The molecule has 16 heavy (non-hydrogen) atoms. The van der Waals surface area contributed by atoms with Crippen LogP contribution >= 0.6 is 0 Å². The number of rotatable bonds is 3. The van der Waals surface area contributed by atoms with Crippen molar-refractivity contribution < 1.29 is 0 Å². The molecule has 3 N–H and O–H groups in total. The third-order valence-corrected chi connectivity index (χ3v) is 3.52. The number of nitrogens with one attached hydrogen (secondary N) is 1. The van der Waals surface area contributed by atoms with Crippen molar-refractivity contribution >= 4 is 5.84 Å². The van der Waals surface area contributed by atoms with Crippen LogP contribution in [0.3, 0.4) is 0 Å². The van der Waals surface area contributed by atoms with Crippen molar-refractivity contribution in [3.05, 3.63) is 35.9 Å². The Bertz CT molecular complexity index is 402. The molecule has 1 aromatic rings. The second-order valence-corrected chi connectivity index (χ2v) is 4.80. The fraction of sp³-hybridized carbons (Fsp3) is 0.462. The number of amidine groups is 1. The SMILES string of the molecule is NNC(=NC1CC1)C1(c2ccccc2)CC1. The van der Waals surface area contributed by atoms with Gasteiger partial charge in [-0.2, -0.15) is 0 Å². The number of nitrogens with two attached hydrogens (primary N) is 1. The Morgan fingerprint density at radius 1 is 1.25 bits per heavy atom. The zero-order valence-electron chi connectivity index (χ0n) is 9.32. The predicted molar refractivity (Wildman–Crippen MR) is 65.1 cm³/mol. The van der Waals surface area contributed by atoms with Gasteiger partial charge in [-0.25, -0.2) is 5.84 Å². The van der Waals surface area contributed by atoms with E-state index >= 15 is 0 Å². The van der Waals surface area contributed by atoms with Crippen molar-refractivity contribution in [2.75, 3.05) is 0 Å². The van der Waals surface area contributed by atoms with Gasteiger partial charge in [0.25, 0.3) is 0 Å². The molecule has 2 aliphatic carbocycles. The molecule has 2 saturated carbocycles. The predicted octanol–water partition coefficient (Wildman–Crippen LogP) is 1.74. The molecule has 0 spiro atoms. The molecule has 84 valence electrons. The summed E-state index contributed by atoms with van der Waals surface area (Å²) in [5.74, 6) is 6.62. The number of benzene rings is 1. The van der Waals surface area contributed by atoms with Crippen LogP contribution in [-0.2, 0) is 5.41 Å². The van der Waals surface area contributed by atoms with Crippen molar-refractivity contribution in [1.82, 2.24) is 5.43 Å². The first-order chi connectivity index (χ1) is 7.85. The third kappa shape index (κ3) is 1.61. The summed E-state index contributed by atoms with van der Waals surface area (Å²) in [7, 11) is 0. The molecule has 0 aromatic heterocycles. The number of hydrogen-bond acceptors (Lipinski definition) is 2. The molecule has 3 heteroatoms. The minimum atomic E-state index is 0.0958. The van der Waals surface area contributed by atoms with Crippen LogP contribution in [0.2, 0.25) is 0 Å². The van der Waals surface area contributed by atoms with E-state index in [2.05, 4.69) is 29.7 Å². The Kier molecular flexibility index (Phi) is 2.21. The Hall–Kier alpha value is -1.35. The molecular formula is C13H17N3. The molecule has 0 amide bonds. The summed E-state index contributed by atoms with van der Waals surface area (Å²) in [5.41, 5.74) is 4.26. The van der Waals surface area contributed by atoms with Crippen molar-refractivity contribution in [1.29, 1.82) is 0 Å². The monoisotopic (exact) mass is 215 g/mol. The van der Waals surface area contributed by atoms with Gasteiger partial charge in [-0.1, -0.05) is 30.3 Å². The maximum absolute atomic E-state index is 5.63. The first-order valence-electron chi connectivity index (χ1n) is 5.95. The van der Waals surface area contributed by atoms with Gasteiger partial charge in [0.1, 0.15) is 5.84 Å². The van der Waals surface area contributed by atoms with Crippen LogP contribution in [0.15, 0.2) is 35.3 Å². The van der Waals surface area contributed by atoms with Crippen LogP contribution in [0.4, 0.5) is 0 Å². The average molecular weight is 215 g/mol. The van der Waals surface area contributed by atoms with Crippen LogP contribution in [0, 0.1) is 0 Å². The molecule has 0 bridgehead atoms. The molecule has 0 saturated heterocycles. The highest BCUT2D eigenvalue weighted by molar-refractivity contribution is 5.95. The zero-order valence-corrected chi connectivity index (χ0v) is 9.32. The second kappa shape index (κ2) is 3.59. The molecule has 0 aliphatic heterocycles. The summed E-state index contributed by atoms with van der Waals surface area (Å²) in [6.45, 7) is 0. The molecule has 0 radical (unpaired) electrons. The van der Waals surface area contributed by atoms with E-state index in [4.69, 9.17) is 10.8 Å². The van der Waals surface area contributed by atoms with E-state index in [-0.39, 0.29) is 5.41 Å². The Morgan fingerprint density at radius 2 is 1.94 bits per heavy atom. The standard InChI is InChI=1S/C13H17N3/c14-16-12(15-11-6-7-11)13(8-9-13)10-4-2-1-3-5-10/h1-5,11H,6-9,14H2,(H,15,16). The van der Waals surface area contributed by atoms with Crippen molar-refractivity contribution in [2.24, 2.45) is 10.8 Å². The average Bonchev–Trinajstić information content (AvgIpc) is 3.21. The van der Waals surface area contributed by atoms with Gasteiger partial charge in [0.05, 0.1) is 11.5 Å². The first kappa shape index (κ1) is 9.85. The highest BCUT2D eigenvalue weighted by Crippen LogP contribution is 2.49. The maximum atomic E-state index is 5.63. The lowest BCUT2D eigenvalue weighted by Crippen LogP contribution is -2.39. The smallest absolute Gasteiger partial charge is 0.121 e. The van der Waals surface area contributed by atoms with Gasteiger partial charge in [0, 0.05) is 0 Å². The Labute approximate surface area is 95.7 Å². The molecule has 0 heterocycles. The quantitative estimate of drug-likeness (QED) is 0.349. The minimum absolute atomic E-state index is 0.0958. The van der Waals surface area contributed by atoms with Gasteiger partial charge in [0.15, 0.2) is 0 Å². The highest BCUT2D eigenvalue weighted by atomic mass is 15.3. The molecule has 2 aliphatic rings. The first-order valence-corrected chi connectivity index (χ1v) is 5.95. The Balaban J connectivity index is 1.92. The van der Waals surface area contributed by atoms with Crippen LogP contribution in [-0.4, -0.2) is 11.9 Å². The molecule has 2 fully saturated rings. The van der Waals surface area contributed by atoms with Gasteiger partial charge in [0.2, 0.25) is 0 Å². The summed E-state index contributed by atoms with van der Waals surface area (Å²) in [5, 5.41) is 0. The van der Waals surface area contributed by atoms with Gasteiger partial charge >= 0.3 is 0 Å². The molecule has 3 rings (SSSR count). The minimum Gasteiger partial charge on any atom is -0.312 e. The van der Waals surface area contributed by atoms with Gasteiger partial charge < -0.3 is 5.43 Å². The van der Waals surface area contributed by atoms with Crippen LogP contribution < -0.4 is 11.3 Å². The van der Waals surface area contributed by atoms with E-state index in [1.54, 1.807) is 0 Å². The van der Waals surface area contributed by atoms with Crippen molar-refractivity contribution in [3.63, 3.8) is 0 Å². The number of nitrogens with zero attached hydrogens (tertiary/aromatic N) is 1. The van der Waals surface area contributed by atoms with Crippen molar-refractivity contribution in [2.45, 2.75) is 37.1 Å². The molecule has 3 nitrogen and oxygen atoms in total. The number of hydrazine groups is 1. The number of aliphatic imine (C=N–C) groups is 1. The largest absolute Gasteiger partial charge is 0.312 e. The Morgan fingerprint density at radius 3 is 2.44 bits per heavy atom. The van der Waals surface area contributed by atoms with Gasteiger partial charge in [-0.3, -0.25) is 4.99 Å². The maximum Gasteiger partial charge on any atom is 0.121 e. The summed E-state index contributed by atoms with van der Waals surface area (Å²) in [6.07, 6.45) is 4.76. The fourth-order valence-electron chi connectivity index (χ4n) is 2.23. The summed E-state index contributed by atoms with van der Waals surface area (Å²) in [4.78, 5) is 4.70. The summed E-state index contributed by atoms with van der Waals surface area (Å²) < 4.78 is 0. The van der Waals surface area contributed by atoms with Crippen LogP contribution in [0.25, 0.3) is 0 Å². The number of hydrogen-bond donors (Lipinski definition) is 2. The lowest BCUT2D eigenvalue weighted by Gasteiger charge is -2.18. The van der Waals surface area contributed by atoms with E-state index in [0.29, 0.717) is 6.04 Å².